The number of hydrogen-bond donors (Lipinski definition) is 4. The van der Waals surface area contributed by atoms with Crippen molar-refractivity contribution in [2.24, 2.45) is 0 Å². The zero-order valence-electron chi connectivity index (χ0n) is 15.0. The van der Waals surface area contributed by atoms with Crippen LogP contribution in [0.25, 0.3) is 5.69 Å². The molecule has 1 heterocycles. The number of aryl methyl sites for hydroxylation is 1. The van der Waals surface area contributed by atoms with E-state index in [0.717, 1.165) is 24.0 Å². The summed E-state index contributed by atoms with van der Waals surface area (Å²) in [6.07, 6.45) is 0. The number of urea groups is 1. The van der Waals surface area contributed by atoms with Crippen molar-refractivity contribution in [1.29, 1.82) is 0 Å². The van der Waals surface area contributed by atoms with Gasteiger partial charge in [0.2, 0.25) is 0 Å². The zero-order chi connectivity index (χ0) is 19.5. The topological polar surface area (TPSA) is 142 Å². The fraction of sp³-hybridized carbons (Fsp3) is 0.438. The molecule has 1 unspecified atom stereocenters. The second-order valence-electron chi connectivity index (χ2n) is 6.49. The fourth-order valence-electron chi connectivity index (χ4n) is 2.20. The van der Waals surface area contributed by atoms with Crippen LogP contribution in [0.3, 0.4) is 0 Å². The Morgan fingerprint density at radius 3 is 2.62 bits per heavy atom. The van der Waals surface area contributed by atoms with Gasteiger partial charge in [-0.15, -0.1) is 5.10 Å². The molecule has 0 fully saturated rings. The van der Waals surface area contributed by atoms with Crippen molar-refractivity contribution in [3.63, 3.8) is 0 Å². The summed E-state index contributed by atoms with van der Waals surface area (Å²) in [4.78, 5) is 22.7. The average molecular weight is 362 g/mol. The number of benzene rings is 1. The lowest BCUT2D eigenvalue weighted by Gasteiger charge is -2.18. The van der Waals surface area contributed by atoms with Crippen LogP contribution in [0.15, 0.2) is 18.2 Å². The van der Waals surface area contributed by atoms with Crippen LogP contribution in [0.5, 0.6) is 0 Å². The van der Waals surface area contributed by atoms with E-state index in [1.54, 1.807) is 22.9 Å². The number of aromatic nitrogens is 4. The number of anilines is 1. The molecule has 0 saturated carbocycles. The molecular weight excluding hydrogens is 340 g/mol. The summed E-state index contributed by atoms with van der Waals surface area (Å²) >= 11 is 0. The monoisotopic (exact) mass is 362 g/mol. The first-order valence-corrected chi connectivity index (χ1v) is 8.01. The van der Waals surface area contributed by atoms with E-state index in [1.165, 1.54) is 0 Å². The molecule has 26 heavy (non-hydrogen) atoms. The summed E-state index contributed by atoms with van der Waals surface area (Å²) in [6, 6.07) is 4.59. The van der Waals surface area contributed by atoms with Gasteiger partial charge in [-0.1, -0.05) is 13.8 Å². The van der Waals surface area contributed by atoms with Crippen LogP contribution in [0.1, 0.15) is 38.1 Å². The van der Waals surface area contributed by atoms with Gasteiger partial charge >= 0.3 is 12.0 Å². The van der Waals surface area contributed by atoms with Crippen LogP contribution < -0.4 is 10.6 Å². The highest BCUT2D eigenvalue weighted by atomic mass is 16.4. The maximum atomic E-state index is 11.9. The van der Waals surface area contributed by atoms with E-state index in [0.29, 0.717) is 5.69 Å². The SMILES string of the molecule is Cc1cc(NC(=O)NCC(C)(O)C(=O)O)ccc1-n1nnnc1C(C)C. The molecule has 2 rings (SSSR count). The molecule has 0 aliphatic rings. The van der Waals surface area contributed by atoms with Gasteiger partial charge in [-0.25, -0.2) is 9.59 Å². The third-order valence-electron chi connectivity index (χ3n) is 3.75. The molecule has 0 radical (unpaired) electrons. The number of carbonyl (C=O) groups is 2. The molecule has 1 atom stereocenters. The van der Waals surface area contributed by atoms with E-state index in [-0.39, 0.29) is 5.92 Å². The number of aliphatic hydroxyl groups is 1. The van der Waals surface area contributed by atoms with Gasteiger partial charge in [0.1, 0.15) is 0 Å². The van der Waals surface area contributed by atoms with Crippen molar-refractivity contribution in [3.8, 4) is 5.69 Å². The zero-order valence-corrected chi connectivity index (χ0v) is 15.0. The lowest BCUT2D eigenvalue weighted by Crippen LogP contribution is -2.47. The smallest absolute Gasteiger partial charge is 0.337 e. The summed E-state index contributed by atoms with van der Waals surface area (Å²) in [7, 11) is 0. The number of carboxylic acid groups (broad SMARTS) is 1. The summed E-state index contributed by atoms with van der Waals surface area (Å²) in [5, 5.41) is 35.1. The Labute approximate surface area is 150 Å². The Balaban J connectivity index is 2.09. The fourth-order valence-corrected chi connectivity index (χ4v) is 2.20. The molecule has 4 N–H and O–H groups in total. The number of tetrazole rings is 1. The molecule has 2 aromatic rings. The van der Waals surface area contributed by atoms with Crippen LogP contribution in [-0.4, -0.2) is 54.6 Å². The minimum Gasteiger partial charge on any atom is -0.479 e. The average Bonchev–Trinajstić information content (AvgIpc) is 3.02. The van der Waals surface area contributed by atoms with Gasteiger partial charge in [0.25, 0.3) is 0 Å². The second kappa shape index (κ2) is 7.48. The molecule has 0 aliphatic heterocycles. The normalized spacial score (nSPS) is 13.3. The van der Waals surface area contributed by atoms with Crippen LogP contribution in [-0.2, 0) is 4.79 Å². The standard InChI is InChI=1S/C16H22N6O4/c1-9(2)13-19-20-21-22(13)12-6-5-11(7-10(12)3)18-15(25)17-8-16(4,26)14(23)24/h5-7,9,26H,8H2,1-4H3,(H,23,24)(H2,17,18,25). The van der Waals surface area contributed by atoms with Crippen LogP contribution >= 0.6 is 0 Å². The number of carboxylic acids is 1. The lowest BCUT2D eigenvalue weighted by molar-refractivity contribution is -0.155. The molecule has 140 valence electrons. The Morgan fingerprint density at radius 2 is 2.04 bits per heavy atom. The third-order valence-corrected chi connectivity index (χ3v) is 3.75. The third kappa shape index (κ3) is 4.33. The molecule has 0 aliphatic carbocycles. The van der Waals surface area contributed by atoms with Crippen LogP contribution in [0.2, 0.25) is 0 Å². The minimum absolute atomic E-state index is 0.148. The van der Waals surface area contributed by atoms with E-state index >= 15 is 0 Å². The highest BCUT2D eigenvalue weighted by Gasteiger charge is 2.30. The Kier molecular flexibility index (Phi) is 5.56. The molecule has 10 nitrogen and oxygen atoms in total. The summed E-state index contributed by atoms with van der Waals surface area (Å²) in [5.74, 6) is -0.544. The molecule has 1 aromatic heterocycles. The lowest BCUT2D eigenvalue weighted by atomic mass is 10.1. The van der Waals surface area contributed by atoms with Crippen molar-refractivity contribution in [2.45, 2.75) is 39.2 Å². The minimum atomic E-state index is -2.04. The largest absolute Gasteiger partial charge is 0.479 e. The van der Waals surface area contributed by atoms with E-state index in [9.17, 15) is 14.7 Å². The first kappa shape index (κ1) is 19.3. The van der Waals surface area contributed by atoms with Crippen molar-refractivity contribution < 1.29 is 19.8 Å². The number of aliphatic carboxylic acids is 1. The van der Waals surface area contributed by atoms with E-state index < -0.39 is 24.1 Å². The maximum absolute atomic E-state index is 11.9. The van der Waals surface area contributed by atoms with E-state index in [1.807, 2.05) is 20.8 Å². The second-order valence-corrected chi connectivity index (χ2v) is 6.49. The van der Waals surface area contributed by atoms with E-state index in [2.05, 4.69) is 26.2 Å². The first-order chi connectivity index (χ1) is 12.1. The van der Waals surface area contributed by atoms with E-state index in [4.69, 9.17) is 5.11 Å². The van der Waals surface area contributed by atoms with Gasteiger partial charge in [0.15, 0.2) is 11.4 Å². The number of nitrogens with one attached hydrogen (secondary N) is 2. The van der Waals surface area contributed by atoms with Crippen LogP contribution in [0.4, 0.5) is 10.5 Å². The quantitative estimate of drug-likeness (QED) is 0.601. The first-order valence-electron chi connectivity index (χ1n) is 8.01. The molecule has 0 spiro atoms. The van der Waals surface area contributed by atoms with Gasteiger partial charge in [0, 0.05) is 11.6 Å². The number of rotatable bonds is 6. The highest BCUT2D eigenvalue weighted by Crippen LogP contribution is 2.21. The summed E-state index contributed by atoms with van der Waals surface area (Å²) < 4.78 is 1.65. The molecule has 1 aromatic carbocycles. The molecular formula is C16H22N6O4. The highest BCUT2D eigenvalue weighted by molar-refractivity contribution is 5.90. The molecule has 0 bridgehead atoms. The Hall–Kier alpha value is -3.01. The van der Waals surface area contributed by atoms with Crippen molar-refractivity contribution in [3.05, 3.63) is 29.6 Å². The Morgan fingerprint density at radius 1 is 1.35 bits per heavy atom. The summed E-state index contributed by atoms with van der Waals surface area (Å²) in [6.45, 7) is 6.52. The maximum Gasteiger partial charge on any atom is 0.337 e. The molecule has 10 heteroatoms. The van der Waals surface area contributed by atoms with Gasteiger partial charge in [-0.05, 0) is 48.0 Å². The van der Waals surface area contributed by atoms with Gasteiger partial charge < -0.3 is 20.8 Å². The van der Waals surface area contributed by atoms with Crippen molar-refractivity contribution in [1.82, 2.24) is 25.5 Å². The predicted molar refractivity (Wildman–Crippen MR) is 93.3 cm³/mol. The number of carbonyl (C=O) groups excluding carboxylic acids is 1. The summed E-state index contributed by atoms with van der Waals surface area (Å²) in [5.41, 5.74) is 0.107. The molecule has 2 amide bonds. The van der Waals surface area contributed by atoms with Crippen molar-refractivity contribution in [2.75, 3.05) is 11.9 Å². The van der Waals surface area contributed by atoms with Crippen LogP contribution in [0, 0.1) is 6.92 Å². The number of amides is 2. The molecule has 0 saturated heterocycles. The predicted octanol–water partition coefficient (Wildman–Crippen LogP) is 1.05. The Bertz CT molecular complexity index is 815. The van der Waals surface area contributed by atoms with Gasteiger partial charge in [0.05, 0.1) is 12.2 Å². The van der Waals surface area contributed by atoms with Crippen molar-refractivity contribution >= 4 is 17.7 Å². The van der Waals surface area contributed by atoms with Gasteiger partial charge in [-0.3, -0.25) is 0 Å². The number of hydrogen-bond acceptors (Lipinski definition) is 6. The van der Waals surface area contributed by atoms with Gasteiger partial charge in [-0.2, -0.15) is 4.68 Å². The number of nitrogens with zero attached hydrogens (tertiary/aromatic N) is 4.